The molecular weight excluding hydrogens is 382 g/mol. The monoisotopic (exact) mass is 407 g/mol. The van der Waals surface area contributed by atoms with Crippen molar-refractivity contribution in [3.05, 3.63) is 29.8 Å². The summed E-state index contributed by atoms with van der Waals surface area (Å²) in [6, 6.07) is 8.78. The van der Waals surface area contributed by atoms with Crippen LogP contribution >= 0.6 is 0 Å². The molecule has 1 unspecified atom stereocenters. The largest absolute Gasteiger partial charge is 0.491 e. The van der Waals surface area contributed by atoms with Gasteiger partial charge in [0.05, 0.1) is 11.6 Å². The second-order valence-electron chi connectivity index (χ2n) is 6.25. The number of carbonyl (C=O) groups is 3. The van der Waals surface area contributed by atoms with Gasteiger partial charge in [-0.25, -0.2) is 9.59 Å². The number of carbonyl (C=O) groups excluding carboxylic acids is 1. The van der Waals surface area contributed by atoms with Gasteiger partial charge < -0.3 is 30.3 Å². The zero-order chi connectivity index (χ0) is 21.6. The molecule has 29 heavy (non-hydrogen) atoms. The molecule has 0 aromatic heterocycles. The van der Waals surface area contributed by atoms with Crippen molar-refractivity contribution in [2.45, 2.75) is 25.4 Å². The second kappa shape index (κ2) is 13.1. The highest BCUT2D eigenvalue weighted by Gasteiger charge is 2.17. The minimum Gasteiger partial charge on any atom is -0.491 e. The molecule has 0 radical (unpaired) electrons. The fourth-order valence-corrected chi connectivity index (χ4v) is 2.47. The number of hydrogen-bond donors (Lipinski definition) is 4. The van der Waals surface area contributed by atoms with Gasteiger partial charge in [-0.05, 0) is 37.1 Å². The van der Waals surface area contributed by atoms with Crippen molar-refractivity contribution in [3.8, 4) is 11.8 Å². The number of nitrogens with one attached hydrogen (secondary N) is 1. The molecule has 1 aromatic rings. The molecule has 1 aromatic carbocycles. The van der Waals surface area contributed by atoms with E-state index in [1.807, 2.05) is 11.0 Å². The zero-order valence-electron chi connectivity index (χ0n) is 15.9. The van der Waals surface area contributed by atoms with Crippen molar-refractivity contribution >= 4 is 17.8 Å². The Morgan fingerprint density at radius 3 is 2.24 bits per heavy atom. The Kier molecular flexibility index (Phi) is 10.8. The predicted molar refractivity (Wildman–Crippen MR) is 101 cm³/mol. The van der Waals surface area contributed by atoms with E-state index in [2.05, 4.69) is 5.32 Å². The molecule has 1 saturated heterocycles. The van der Waals surface area contributed by atoms with Crippen molar-refractivity contribution in [1.29, 1.82) is 5.26 Å². The molecule has 2 rings (SSSR count). The number of carboxylic acids is 2. The Bertz CT molecular complexity index is 698. The molecule has 10 nitrogen and oxygen atoms in total. The Morgan fingerprint density at radius 2 is 1.72 bits per heavy atom. The molecular formula is C19H25N3O7. The van der Waals surface area contributed by atoms with Crippen molar-refractivity contribution < 1.29 is 34.4 Å². The standard InChI is InChI=1S/C17H23N3O3.C2H2O4/c18-11-14-3-5-16(6-4-14)23-13-15(21)12-19-8-7-17(22)20-9-1-2-10-20;3-1(4)2(5)6/h3-6,15,19,21H,1-2,7-10,12-13H2;(H,3,4)(H,5,6). The van der Waals surface area contributed by atoms with Gasteiger partial charge >= 0.3 is 11.9 Å². The summed E-state index contributed by atoms with van der Waals surface area (Å²) in [5.74, 6) is -2.85. The average molecular weight is 407 g/mol. The van der Waals surface area contributed by atoms with Gasteiger partial charge in [-0.3, -0.25) is 4.79 Å². The van der Waals surface area contributed by atoms with Crippen molar-refractivity contribution in [1.82, 2.24) is 10.2 Å². The van der Waals surface area contributed by atoms with Crippen LogP contribution in [0, 0.1) is 11.3 Å². The van der Waals surface area contributed by atoms with E-state index >= 15 is 0 Å². The lowest BCUT2D eigenvalue weighted by atomic mass is 10.2. The molecule has 1 fully saturated rings. The second-order valence-corrected chi connectivity index (χ2v) is 6.25. The van der Waals surface area contributed by atoms with Gasteiger partial charge in [-0.1, -0.05) is 0 Å². The van der Waals surface area contributed by atoms with Crippen LogP contribution in [0.2, 0.25) is 0 Å². The summed E-state index contributed by atoms with van der Waals surface area (Å²) in [7, 11) is 0. The number of likely N-dealkylation sites (tertiary alicyclic amines) is 1. The number of nitrogens with zero attached hydrogens (tertiary/aromatic N) is 2. The summed E-state index contributed by atoms with van der Waals surface area (Å²) in [5, 5.41) is 36.4. The Hall–Kier alpha value is -3.16. The molecule has 10 heteroatoms. The maximum absolute atomic E-state index is 11.8. The highest BCUT2D eigenvalue weighted by atomic mass is 16.5. The number of ether oxygens (including phenoxy) is 1. The van der Waals surface area contributed by atoms with Crippen LogP contribution in [0.1, 0.15) is 24.8 Å². The minimum absolute atomic E-state index is 0.166. The summed E-state index contributed by atoms with van der Waals surface area (Å²) < 4.78 is 5.45. The first-order valence-corrected chi connectivity index (χ1v) is 9.09. The van der Waals surface area contributed by atoms with E-state index in [4.69, 9.17) is 29.8 Å². The number of carboxylic acid groups (broad SMARTS) is 2. The Labute approximate surface area is 168 Å². The van der Waals surface area contributed by atoms with Gasteiger partial charge in [0, 0.05) is 32.6 Å². The van der Waals surface area contributed by atoms with Crippen LogP contribution in [-0.2, 0) is 14.4 Å². The van der Waals surface area contributed by atoms with Crippen molar-refractivity contribution in [2.75, 3.05) is 32.8 Å². The summed E-state index contributed by atoms with van der Waals surface area (Å²) in [4.78, 5) is 31.9. The molecule has 158 valence electrons. The number of aliphatic hydroxyl groups is 1. The van der Waals surface area contributed by atoms with E-state index in [0.29, 0.717) is 30.8 Å². The van der Waals surface area contributed by atoms with Crippen LogP contribution in [0.25, 0.3) is 0 Å². The van der Waals surface area contributed by atoms with Crippen molar-refractivity contribution in [2.24, 2.45) is 0 Å². The molecule has 1 heterocycles. The molecule has 0 saturated carbocycles. The molecule has 0 bridgehead atoms. The molecule has 0 spiro atoms. The molecule has 4 N–H and O–H groups in total. The fourth-order valence-electron chi connectivity index (χ4n) is 2.47. The number of rotatable bonds is 8. The SMILES string of the molecule is N#Cc1ccc(OCC(O)CNCCC(=O)N2CCCC2)cc1.O=C(O)C(=O)O. The third kappa shape index (κ3) is 10.1. The van der Waals surface area contributed by atoms with Crippen LogP contribution in [0.15, 0.2) is 24.3 Å². The molecule has 1 amide bonds. The Balaban J connectivity index is 0.000000612. The lowest BCUT2D eigenvalue weighted by Crippen LogP contribution is -2.35. The lowest BCUT2D eigenvalue weighted by Gasteiger charge is -2.16. The van der Waals surface area contributed by atoms with Gasteiger partial charge in [0.1, 0.15) is 18.5 Å². The van der Waals surface area contributed by atoms with Gasteiger partial charge in [-0.2, -0.15) is 5.26 Å². The van der Waals surface area contributed by atoms with Gasteiger partial charge in [0.25, 0.3) is 0 Å². The molecule has 1 aliphatic heterocycles. The maximum atomic E-state index is 11.8. The number of nitriles is 1. The number of hydrogen-bond acceptors (Lipinski definition) is 7. The van der Waals surface area contributed by atoms with Crippen LogP contribution in [-0.4, -0.2) is 77.0 Å². The van der Waals surface area contributed by atoms with E-state index in [9.17, 15) is 9.90 Å². The first-order chi connectivity index (χ1) is 13.8. The molecule has 0 aliphatic carbocycles. The zero-order valence-corrected chi connectivity index (χ0v) is 15.9. The van der Waals surface area contributed by atoms with E-state index in [0.717, 1.165) is 25.9 Å². The highest BCUT2D eigenvalue weighted by molar-refractivity contribution is 6.27. The smallest absolute Gasteiger partial charge is 0.414 e. The predicted octanol–water partition coefficient (Wildman–Crippen LogP) is 0.0557. The normalized spacial score (nSPS) is 13.6. The average Bonchev–Trinajstić information content (AvgIpc) is 3.25. The fraction of sp³-hybridized carbons (Fsp3) is 0.474. The van der Waals surface area contributed by atoms with E-state index in [1.165, 1.54) is 0 Å². The van der Waals surface area contributed by atoms with Gasteiger partial charge in [0.2, 0.25) is 5.91 Å². The molecule has 1 aliphatic rings. The van der Waals surface area contributed by atoms with Crippen LogP contribution in [0.5, 0.6) is 5.75 Å². The maximum Gasteiger partial charge on any atom is 0.414 e. The van der Waals surface area contributed by atoms with E-state index < -0.39 is 18.0 Å². The first kappa shape index (κ1) is 23.9. The van der Waals surface area contributed by atoms with Gasteiger partial charge in [0.15, 0.2) is 0 Å². The third-order valence-corrected chi connectivity index (χ3v) is 3.96. The lowest BCUT2D eigenvalue weighted by molar-refractivity contribution is -0.159. The summed E-state index contributed by atoms with van der Waals surface area (Å²) in [6.45, 7) is 2.85. The number of benzene rings is 1. The van der Waals surface area contributed by atoms with E-state index in [1.54, 1.807) is 24.3 Å². The van der Waals surface area contributed by atoms with Crippen LogP contribution in [0.4, 0.5) is 0 Å². The summed E-state index contributed by atoms with van der Waals surface area (Å²) in [6.07, 6.45) is 2.02. The number of amides is 1. The number of aliphatic carboxylic acids is 2. The molecule has 1 atom stereocenters. The third-order valence-electron chi connectivity index (χ3n) is 3.96. The minimum atomic E-state index is -1.82. The van der Waals surface area contributed by atoms with Gasteiger partial charge in [-0.15, -0.1) is 0 Å². The highest BCUT2D eigenvalue weighted by Crippen LogP contribution is 2.11. The topological polar surface area (TPSA) is 160 Å². The van der Waals surface area contributed by atoms with E-state index in [-0.39, 0.29) is 12.5 Å². The summed E-state index contributed by atoms with van der Waals surface area (Å²) >= 11 is 0. The van der Waals surface area contributed by atoms with Crippen LogP contribution < -0.4 is 10.1 Å². The summed E-state index contributed by atoms with van der Waals surface area (Å²) in [5.41, 5.74) is 0.572. The quantitative estimate of drug-likeness (QED) is 0.345. The number of aliphatic hydroxyl groups excluding tert-OH is 1. The Morgan fingerprint density at radius 1 is 1.14 bits per heavy atom. The van der Waals surface area contributed by atoms with Crippen LogP contribution in [0.3, 0.4) is 0 Å². The van der Waals surface area contributed by atoms with Crippen molar-refractivity contribution in [3.63, 3.8) is 0 Å². The first-order valence-electron chi connectivity index (χ1n) is 9.09.